The molecule has 0 saturated carbocycles. The lowest BCUT2D eigenvalue weighted by Crippen LogP contribution is -2.15. The molecule has 0 aliphatic rings. The van der Waals surface area contributed by atoms with E-state index in [1.807, 2.05) is 39.0 Å². The molecule has 1 heterocycles. The third-order valence-corrected chi connectivity index (χ3v) is 6.08. The largest absolute Gasteiger partial charge is 0.339 e. The van der Waals surface area contributed by atoms with E-state index in [9.17, 15) is 13.2 Å². The molecule has 0 aliphatic heterocycles. The molecule has 31 heavy (non-hydrogen) atoms. The van der Waals surface area contributed by atoms with Crippen LogP contribution >= 0.6 is 0 Å². The summed E-state index contributed by atoms with van der Waals surface area (Å²) in [5.74, 6) is 0.848. The highest BCUT2D eigenvalue weighted by atomic mass is 32.2. The molecule has 8 nitrogen and oxygen atoms in total. The van der Waals surface area contributed by atoms with Crippen LogP contribution in [0.5, 0.6) is 0 Å². The van der Waals surface area contributed by atoms with E-state index in [1.54, 1.807) is 12.1 Å². The lowest BCUT2D eigenvalue weighted by atomic mass is 10.1. The number of hydrogen-bond acceptors (Lipinski definition) is 6. The number of anilines is 2. The number of nitrogens with zero attached hydrogens (tertiary/aromatic N) is 2. The van der Waals surface area contributed by atoms with Crippen molar-refractivity contribution in [1.82, 2.24) is 10.1 Å². The monoisotopic (exact) mass is 442 g/mol. The lowest BCUT2D eigenvalue weighted by molar-refractivity contribution is -0.116. The average molecular weight is 443 g/mol. The van der Waals surface area contributed by atoms with Crippen LogP contribution in [0.1, 0.15) is 42.6 Å². The molecule has 3 rings (SSSR count). The van der Waals surface area contributed by atoms with Crippen molar-refractivity contribution in [3.05, 3.63) is 65.3 Å². The molecule has 2 aromatic carbocycles. The van der Waals surface area contributed by atoms with Gasteiger partial charge in [0, 0.05) is 24.9 Å². The number of para-hydroxylation sites is 1. The number of aryl methyl sites for hydroxylation is 4. The van der Waals surface area contributed by atoms with E-state index in [-0.39, 0.29) is 17.2 Å². The van der Waals surface area contributed by atoms with Crippen LogP contribution in [0.2, 0.25) is 0 Å². The molecular formula is C22H26N4O4S. The van der Waals surface area contributed by atoms with Crippen LogP contribution in [0.25, 0.3) is 0 Å². The Morgan fingerprint density at radius 1 is 1.03 bits per heavy atom. The van der Waals surface area contributed by atoms with Crippen molar-refractivity contribution >= 4 is 27.3 Å². The van der Waals surface area contributed by atoms with Crippen molar-refractivity contribution in [3.63, 3.8) is 0 Å². The van der Waals surface area contributed by atoms with E-state index in [4.69, 9.17) is 4.52 Å². The molecule has 164 valence electrons. The van der Waals surface area contributed by atoms with Gasteiger partial charge in [-0.15, -0.1) is 0 Å². The minimum absolute atomic E-state index is 0.113. The number of amides is 1. The zero-order chi connectivity index (χ0) is 22.4. The first-order valence-corrected chi connectivity index (χ1v) is 11.6. The number of nitrogens with one attached hydrogen (secondary N) is 2. The Labute approximate surface area is 182 Å². The van der Waals surface area contributed by atoms with Crippen LogP contribution in [-0.4, -0.2) is 24.5 Å². The second-order valence-corrected chi connectivity index (χ2v) is 8.98. The summed E-state index contributed by atoms with van der Waals surface area (Å²) in [7, 11) is -3.74. The number of sulfonamides is 1. The number of carbonyl (C=O) groups excluding carboxylic acids is 1. The van der Waals surface area contributed by atoms with Gasteiger partial charge in [0.25, 0.3) is 10.0 Å². The number of benzene rings is 2. The van der Waals surface area contributed by atoms with E-state index in [1.165, 1.54) is 12.1 Å². The Morgan fingerprint density at radius 3 is 2.35 bits per heavy atom. The van der Waals surface area contributed by atoms with Crippen molar-refractivity contribution in [1.29, 1.82) is 0 Å². The molecule has 9 heteroatoms. The molecule has 0 aliphatic carbocycles. The standard InChI is InChI=1S/C22H26N4O4S/c1-4-6-19-24-21(30-25-19)14-13-20(27)23-17-9-11-18(12-10-17)31(28,29)26-22-15(2)7-5-8-16(22)3/h5,7-12,26H,4,6,13-14H2,1-3H3,(H,23,27). The van der Waals surface area contributed by atoms with Crippen molar-refractivity contribution in [2.24, 2.45) is 0 Å². The summed E-state index contributed by atoms with van der Waals surface area (Å²) >= 11 is 0. The van der Waals surface area contributed by atoms with Gasteiger partial charge in [0.15, 0.2) is 5.82 Å². The van der Waals surface area contributed by atoms with Crippen LogP contribution < -0.4 is 10.0 Å². The van der Waals surface area contributed by atoms with Crippen molar-refractivity contribution in [2.45, 2.75) is 51.3 Å². The Balaban J connectivity index is 1.59. The van der Waals surface area contributed by atoms with Crippen LogP contribution in [0.4, 0.5) is 11.4 Å². The van der Waals surface area contributed by atoms with Gasteiger partial charge in [-0.25, -0.2) is 8.42 Å². The zero-order valence-corrected chi connectivity index (χ0v) is 18.6. The van der Waals surface area contributed by atoms with Gasteiger partial charge in [0.05, 0.1) is 10.6 Å². The molecule has 2 N–H and O–H groups in total. The topological polar surface area (TPSA) is 114 Å². The fourth-order valence-electron chi connectivity index (χ4n) is 3.05. The first kappa shape index (κ1) is 22.5. The summed E-state index contributed by atoms with van der Waals surface area (Å²) < 4.78 is 33.2. The normalized spacial score (nSPS) is 11.3. The lowest BCUT2D eigenvalue weighted by Gasteiger charge is -2.13. The molecule has 0 bridgehead atoms. The van der Waals surface area contributed by atoms with Gasteiger partial charge in [-0.3, -0.25) is 9.52 Å². The smallest absolute Gasteiger partial charge is 0.261 e. The second-order valence-electron chi connectivity index (χ2n) is 7.30. The van der Waals surface area contributed by atoms with Gasteiger partial charge in [-0.2, -0.15) is 4.98 Å². The Morgan fingerprint density at radius 2 is 1.71 bits per heavy atom. The summed E-state index contributed by atoms with van der Waals surface area (Å²) in [5, 5.41) is 6.61. The van der Waals surface area contributed by atoms with Crippen LogP contribution in [0, 0.1) is 13.8 Å². The third kappa shape index (κ3) is 5.91. The molecule has 0 unspecified atom stereocenters. The van der Waals surface area contributed by atoms with Gasteiger partial charge < -0.3 is 9.84 Å². The Bertz CT molecular complexity index is 1130. The highest BCUT2D eigenvalue weighted by Gasteiger charge is 2.17. The van der Waals surface area contributed by atoms with Crippen molar-refractivity contribution in [2.75, 3.05) is 10.0 Å². The summed E-state index contributed by atoms with van der Waals surface area (Å²) in [6.07, 6.45) is 2.19. The van der Waals surface area contributed by atoms with Crippen LogP contribution in [-0.2, 0) is 27.7 Å². The van der Waals surface area contributed by atoms with Crippen LogP contribution in [0.15, 0.2) is 51.9 Å². The fourth-order valence-corrected chi connectivity index (χ4v) is 4.25. The van der Waals surface area contributed by atoms with Gasteiger partial charge >= 0.3 is 0 Å². The molecule has 0 fully saturated rings. The summed E-state index contributed by atoms with van der Waals surface area (Å²) in [6, 6.07) is 11.6. The summed E-state index contributed by atoms with van der Waals surface area (Å²) in [6.45, 7) is 5.73. The molecule has 1 amide bonds. The predicted molar refractivity (Wildman–Crippen MR) is 118 cm³/mol. The number of hydrogen-bond donors (Lipinski definition) is 2. The van der Waals surface area contributed by atoms with E-state index < -0.39 is 10.0 Å². The fraction of sp³-hybridized carbons (Fsp3) is 0.318. The van der Waals surface area contributed by atoms with Gasteiger partial charge in [-0.05, 0) is 55.7 Å². The zero-order valence-electron chi connectivity index (χ0n) is 17.8. The Hall–Kier alpha value is -3.20. The molecule has 0 radical (unpaired) electrons. The SMILES string of the molecule is CCCc1noc(CCC(=O)Nc2ccc(S(=O)(=O)Nc3c(C)cccc3C)cc2)n1. The molecule has 0 atom stereocenters. The van der Waals surface area contributed by atoms with Gasteiger partial charge in [0.2, 0.25) is 11.8 Å². The first-order valence-electron chi connectivity index (χ1n) is 10.1. The van der Waals surface area contributed by atoms with E-state index in [2.05, 4.69) is 20.2 Å². The maximum Gasteiger partial charge on any atom is 0.261 e. The number of aromatic nitrogens is 2. The molecule has 0 saturated heterocycles. The summed E-state index contributed by atoms with van der Waals surface area (Å²) in [4.78, 5) is 16.5. The van der Waals surface area contributed by atoms with E-state index in [0.717, 1.165) is 24.0 Å². The first-order chi connectivity index (χ1) is 14.8. The summed E-state index contributed by atoms with van der Waals surface area (Å²) in [5.41, 5.74) is 2.77. The van der Waals surface area contributed by atoms with E-state index in [0.29, 0.717) is 29.5 Å². The second kappa shape index (κ2) is 9.74. The Kier molecular flexibility index (Phi) is 7.06. The molecular weight excluding hydrogens is 416 g/mol. The average Bonchev–Trinajstić information content (AvgIpc) is 3.18. The van der Waals surface area contributed by atoms with Crippen molar-refractivity contribution < 1.29 is 17.7 Å². The third-order valence-electron chi connectivity index (χ3n) is 4.72. The predicted octanol–water partition coefficient (Wildman–Crippen LogP) is 4.01. The minimum atomic E-state index is -3.74. The van der Waals surface area contributed by atoms with Gasteiger partial charge in [0.1, 0.15) is 0 Å². The van der Waals surface area contributed by atoms with Gasteiger partial charge in [-0.1, -0.05) is 30.3 Å². The number of carbonyl (C=O) groups is 1. The molecule has 1 aromatic heterocycles. The maximum absolute atomic E-state index is 12.7. The van der Waals surface area contributed by atoms with Crippen LogP contribution in [0.3, 0.4) is 0 Å². The minimum Gasteiger partial charge on any atom is -0.339 e. The quantitative estimate of drug-likeness (QED) is 0.517. The molecule has 3 aromatic rings. The molecule has 0 spiro atoms. The highest BCUT2D eigenvalue weighted by molar-refractivity contribution is 7.92. The highest BCUT2D eigenvalue weighted by Crippen LogP contribution is 2.24. The number of rotatable bonds is 9. The van der Waals surface area contributed by atoms with Crippen molar-refractivity contribution in [3.8, 4) is 0 Å². The maximum atomic E-state index is 12.7. The van der Waals surface area contributed by atoms with E-state index >= 15 is 0 Å².